The van der Waals surface area contributed by atoms with Crippen LogP contribution in [0.4, 0.5) is 17.1 Å². The molecule has 12 rings (SSSR count). The van der Waals surface area contributed by atoms with Crippen LogP contribution in [0.15, 0.2) is 253 Å². The van der Waals surface area contributed by atoms with E-state index in [9.17, 15) is 0 Å². The molecule has 1 heterocycles. The Kier molecular flexibility index (Phi) is 8.76. The lowest BCUT2D eigenvalue weighted by molar-refractivity contribution is 0.669. The van der Waals surface area contributed by atoms with E-state index in [0.717, 1.165) is 44.6 Å². The highest BCUT2D eigenvalue weighted by atomic mass is 16.3. The lowest BCUT2D eigenvalue weighted by Crippen LogP contribution is -2.28. The van der Waals surface area contributed by atoms with Gasteiger partial charge in [-0.25, -0.2) is 0 Å². The van der Waals surface area contributed by atoms with Crippen LogP contribution in [-0.4, -0.2) is 0 Å². The molecule has 0 atom stereocenters. The van der Waals surface area contributed by atoms with E-state index in [1.807, 2.05) is 6.07 Å². The average Bonchev–Trinajstić information content (AvgIpc) is 3.90. The van der Waals surface area contributed by atoms with E-state index in [0.29, 0.717) is 0 Å². The van der Waals surface area contributed by atoms with Crippen molar-refractivity contribution in [2.45, 2.75) is 5.41 Å². The second kappa shape index (κ2) is 15.1. The van der Waals surface area contributed by atoms with Crippen molar-refractivity contribution in [2.24, 2.45) is 0 Å². The average molecular weight is 804 g/mol. The molecule has 1 aliphatic rings. The van der Waals surface area contributed by atoms with E-state index in [4.69, 9.17) is 4.42 Å². The number of rotatable bonds is 8. The lowest BCUT2D eigenvalue weighted by Gasteiger charge is -2.34. The summed E-state index contributed by atoms with van der Waals surface area (Å²) < 4.78 is 6.73. The lowest BCUT2D eigenvalue weighted by atomic mass is 9.68. The fourth-order valence-corrected chi connectivity index (χ4v) is 10.1. The van der Waals surface area contributed by atoms with Crippen LogP contribution >= 0.6 is 0 Å². The zero-order valence-electron chi connectivity index (χ0n) is 34.5. The van der Waals surface area contributed by atoms with Gasteiger partial charge in [-0.15, -0.1) is 0 Å². The SMILES string of the molecule is c1ccc(-c2cc(-c3ccccc3)cc(-c3ccc(N(c4ccc(C5(c6ccccc6)c6ccccc6-c6ccccc65)cc4)c4cccc5c4oc4ccccc45)cc3)c2)cc1. The van der Waals surface area contributed by atoms with Gasteiger partial charge >= 0.3 is 0 Å². The van der Waals surface area contributed by atoms with Crippen molar-refractivity contribution in [3.8, 4) is 44.5 Å². The van der Waals surface area contributed by atoms with Gasteiger partial charge in [-0.1, -0.05) is 194 Å². The molecule has 0 fully saturated rings. The molecular weight excluding hydrogens is 763 g/mol. The van der Waals surface area contributed by atoms with E-state index in [2.05, 4.69) is 248 Å². The van der Waals surface area contributed by atoms with E-state index < -0.39 is 5.41 Å². The molecule has 2 nitrogen and oxygen atoms in total. The Morgan fingerprint density at radius 1 is 0.317 bits per heavy atom. The highest BCUT2D eigenvalue weighted by Crippen LogP contribution is 2.56. The minimum Gasteiger partial charge on any atom is -0.454 e. The summed E-state index contributed by atoms with van der Waals surface area (Å²) in [7, 11) is 0. The van der Waals surface area contributed by atoms with Crippen molar-refractivity contribution in [3.05, 3.63) is 271 Å². The van der Waals surface area contributed by atoms with E-state index >= 15 is 0 Å². The van der Waals surface area contributed by atoms with Crippen molar-refractivity contribution < 1.29 is 4.42 Å². The maximum absolute atomic E-state index is 6.73. The molecule has 0 bridgehead atoms. The zero-order valence-corrected chi connectivity index (χ0v) is 34.5. The summed E-state index contributed by atoms with van der Waals surface area (Å²) in [6, 6.07) is 90.1. The van der Waals surface area contributed by atoms with Gasteiger partial charge in [0.2, 0.25) is 0 Å². The number of anilines is 3. The Morgan fingerprint density at radius 3 is 1.35 bits per heavy atom. The fraction of sp³-hybridized carbons (Fsp3) is 0.0164. The molecule has 0 aliphatic heterocycles. The van der Waals surface area contributed by atoms with E-state index in [-0.39, 0.29) is 0 Å². The number of furan rings is 1. The molecule has 1 aliphatic carbocycles. The Labute approximate surface area is 367 Å². The van der Waals surface area contributed by atoms with Crippen molar-refractivity contribution >= 4 is 39.0 Å². The Balaban J connectivity index is 1.02. The molecule has 10 aromatic carbocycles. The summed E-state index contributed by atoms with van der Waals surface area (Å²) >= 11 is 0. The van der Waals surface area contributed by atoms with Crippen LogP contribution in [0, 0.1) is 0 Å². The second-order valence-corrected chi connectivity index (χ2v) is 16.4. The largest absolute Gasteiger partial charge is 0.454 e. The fourth-order valence-electron chi connectivity index (χ4n) is 10.1. The van der Waals surface area contributed by atoms with Crippen molar-refractivity contribution in [2.75, 3.05) is 4.90 Å². The highest BCUT2D eigenvalue weighted by Gasteiger charge is 2.45. The van der Waals surface area contributed by atoms with Gasteiger partial charge in [0, 0.05) is 22.1 Å². The minimum atomic E-state index is -0.481. The monoisotopic (exact) mass is 803 g/mol. The van der Waals surface area contributed by atoms with Crippen LogP contribution in [0.3, 0.4) is 0 Å². The van der Waals surface area contributed by atoms with Gasteiger partial charge in [0.25, 0.3) is 0 Å². The van der Waals surface area contributed by atoms with Gasteiger partial charge in [0.05, 0.1) is 11.1 Å². The summed E-state index contributed by atoms with van der Waals surface area (Å²) in [5.41, 5.74) is 19.0. The van der Waals surface area contributed by atoms with Gasteiger partial charge in [-0.05, 0) is 121 Å². The first kappa shape index (κ1) is 36.6. The molecule has 0 N–H and O–H groups in total. The van der Waals surface area contributed by atoms with Crippen LogP contribution in [0.2, 0.25) is 0 Å². The third-order valence-electron chi connectivity index (χ3n) is 12.9. The van der Waals surface area contributed by atoms with Gasteiger partial charge in [-0.2, -0.15) is 0 Å². The zero-order chi connectivity index (χ0) is 41.7. The Bertz CT molecular complexity index is 3320. The van der Waals surface area contributed by atoms with Gasteiger partial charge in [0.1, 0.15) is 5.58 Å². The molecule has 0 unspecified atom stereocenters. The molecule has 0 spiro atoms. The third-order valence-corrected chi connectivity index (χ3v) is 12.9. The van der Waals surface area contributed by atoms with Gasteiger partial charge in [0.15, 0.2) is 5.58 Å². The molecule has 0 amide bonds. The van der Waals surface area contributed by atoms with Crippen LogP contribution in [0.25, 0.3) is 66.4 Å². The first-order chi connectivity index (χ1) is 31.2. The predicted molar refractivity (Wildman–Crippen MR) is 262 cm³/mol. The van der Waals surface area contributed by atoms with Crippen LogP contribution in [-0.2, 0) is 5.41 Å². The van der Waals surface area contributed by atoms with Gasteiger partial charge < -0.3 is 9.32 Å². The molecule has 2 heteroatoms. The molecule has 11 aromatic rings. The van der Waals surface area contributed by atoms with Crippen molar-refractivity contribution in [1.29, 1.82) is 0 Å². The first-order valence-electron chi connectivity index (χ1n) is 21.7. The quantitative estimate of drug-likeness (QED) is 0.152. The summed E-state index contributed by atoms with van der Waals surface area (Å²) in [6.07, 6.45) is 0. The van der Waals surface area contributed by atoms with E-state index in [1.165, 1.54) is 61.2 Å². The summed E-state index contributed by atoms with van der Waals surface area (Å²) in [5, 5.41) is 2.20. The number of nitrogens with zero attached hydrogens (tertiary/aromatic N) is 1. The number of hydrogen-bond donors (Lipinski definition) is 0. The van der Waals surface area contributed by atoms with E-state index in [1.54, 1.807) is 0 Å². The smallest absolute Gasteiger partial charge is 0.159 e. The standard InChI is InChI=1S/C61H41NO/c1-4-17-42(18-5-1)45-39-46(43-19-6-2-7-20-43)41-47(40-45)44-31-35-50(36-32-44)62(58-29-16-26-55-54-25-12-15-30-59(54)63-60(55)58)51-37-33-49(34-38-51)61(48-21-8-3-9-22-48)56-27-13-10-23-52(56)53-24-11-14-28-57(53)61/h1-41H. The maximum Gasteiger partial charge on any atom is 0.159 e. The first-order valence-corrected chi connectivity index (χ1v) is 21.7. The molecule has 0 saturated heterocycles. The molecule has 296 valence electrons. The van der Waals surface area contributed by atoms with Gasteiger partial charge in [-0.3, -0.25) is 0 Å². The number of hydrogen-bond acceptors (Lipinski definition) is 2. The molecule has 63 heavy (non-hydrogen) atoms. The Hall–Kier alpha value is -8.20. The number of fused-ring (bicyclic) bond motifs is 6. The highest BCUT2D eigenvalue weighted by molar-refractivity contribution is 6.10. The van der Waals surface area contributed by atoms with Crippen LogP contribution < -0.4 is 4.90 Å². The summed E-state index contributed by atoms with van der Waals surface area (Å²) in [5.74, 6) is 0. The molecular formula is C61H41NO. The second-order valence-electron chi connectivity index (χ2n) is 16.4. The number of benzene rings is 10. The van der Waals surface area contributed by atoms with Crippen LogP contribution in [0.1, 0.15) is 22.3 Å². The summed E-state index contributed by atoms with van der Waals surface area (Å²) in [4.78, 5) is 2.35. The predicted octanol–water partition coefficient (Wildman–Crippen LogP) is 16.4. The Morgan fingerprint density at radius 2 is 0.762 bits per heavy atom. The molecule has 1 aromatic heterocycles. The normalized spacial score (nSPS) is 12.6. The number of para-hydroxylation sites is 2. The minimum absolute atomic E-state index is 0.481. The van der Waals surface area contributed by atoms with Crippen molar-refractivity contribution in [1.82, 2.24) is 0 Å². The molecule has 0 radical (unpaired) electrons. The van der Waals surface area contributed by atoms with Crippen molar-refractivity contribution in [3.63, 3.8) is 0 Å². The topological polar surface area (TPSA) is 16.4 Å². The molecule has 0 saturated carbocycles. The van der Waals surface area contributed by atoms with Crippen LogP contribution in [0.5, 0.6) is 0 Å². The third kappa shape index (κ3) is 6.02. The summed E-state index contributed by atoms with van der Waals surface area (Å²) in [6.45, 7) is 0. The maximum atomic E-state index is 6.73.